The van der Waals surface area contributed by atoms with Gasteiger partial charge >= 0.3 is 5.69 Å². The number of benzene rings is 1. The average molecular weight is 247 g/mol. The number of hydrogen-bond acceptors (Lipinski definition) is 3. The molecule has 0 spiro atoms. The van der Waals surface area contributed by atoms with Crippen molar-refractivity contribution in [2.45, 2.75) is 26.3 Å². The molecule has 0 radical (unpaired) electrons. The summed E-state index contributed by atoms with van der Waals surface area (Å²) in [6.45, 7) is 4.04. The summed E-state index contributed by atoms with van der Waals surface area (Å²) in [5.74, 6) is 1.40. The molecule has 18 heavy (non-hydrogen) atoms. The van der Waals surface area contributed by atoms with Crippen molar-refractivity contribution >= 4 is 0 Å². The predicted octanol–water partition coefficient (Wildman–Crippen LogP) is 2.22. The van der Waals surface area contributed by atoms with Crippen LogP contribution in [0.2, 0.25) is 0 Å². The van der Waals surface area contributed by atoms with Crippen LogP contribution in [0.25, 0.3) is 11.4 Å². The van der Waals surface area contributed by atoms with Crippen LogP contribution in [0.15, 0.2) is 29.1 Å². The maximum absolute atomic E-state index is 11.8. The number of nitrogens with zero attached hydrogens (tertiary/aromatic N) is 2. The Bertz CT molecular complexity index is 586. The second kappa shape index (κ2) is 5.08. The van der Waals surface area contributed by atoms with E-state index in [0.717, 1.165) is 17.7 Å². The Balaban J connectivity index is 2.53. The number of aromatic amines is 1. The van der Waals surface area contributed by atoms with E-state index in [1.807, 2.05) is 38.1 Å². The van der Waals surface area contributed by atoms with E-state index in [1.54, 1.807) is 11.7 Å². The molecule has 0 amide bonds. The summed E-state index contributed by atoms with van der Waals surface area (Å²) in [6, 6.07) is 7.64. The van der Waals surface area contributed by atoms with E-state index < -0.39 is 0 Å². The molecule has 0 aliphatic carbocycles. The maximum Gasteiger partial charge on any atom is 0.343 e. The van der Waals surface area contributed by atoms with Gasteiger partial charge in [-0.25, -0.2) is 9.89 Å². The van der Waals surface area contributed by atoms with Crippen molar-refractivity contribution in [3.05, 3.63) is 34.7 Å². The van der Waals surface area contributed by atoms with Gasteiger partial charge in [0.2, 0.25) is 0 Å². The van der Waals surface area contributed by atoms with E-state index in [-0.39, 0.29) is 11.7 Å². The van der Waals surface area contributed by atoms with Gasteiger partial charge in [0.25, 0.3) is 0 Å². The molecule has 0 bridgehead atoms. The van der Waals surface area contributed by atoms with Crippen LogP contribution in [0.1, 0.15) is 26.3 Å². The van der Waals surface area contributed by atoms with Gasteiger partial charge in [-0.15, -0.1) is 0 Å². The number of methoxy groups -OCH3 is 1. The van der Waals surface area contributed by atoms with E-state index in [1.165, 1.54) is 0 Å². The normalized spacial score (nSPS) is 12.4. The van der Waals surface area contributed by atoms with Crippen LogP contribution in [0.4, 0.5) is 0 Å². The van der Waals surface area contributed by atoms with E-state index in [4.69, 9.17) is 4.74 Å². The summed E-state index contributed by atoms with van der Waals surface area (Å²) in [4.78, 5) is 11.8. The Morgan fingerprint density at radius 2 is 2.28 bits per heavy atom. The van der Waals surface area contributed by atoms with Crippen molar-refractivity contribution < 1.29 is 4.74 Å². The lowest BCUT2D eigenvalue weighted by molar-refractivity contribution is 0.415. The van der Waals surface area contributed by atoms with E-state index in [9.17, 15) is 4.79 Å². The van der Waals surface area contributed by atoms with Crippen LogP contribution < -0.4 is 10.4 Å². The molecule has 96 valence electrons. The highest BCUT2D eigenvalue weighted by molar-refractivity contribution is 5.57. The van der Waals surface area contributed by atoms with Crippen LogP contribution in [0.5, 0.6) is 5.75 Å². The van der Waals surface area contributed by atoms with E-state index in [0.29, 0.717) is 5.82 Å². The highest BCUT2D eigenvalue weighted by Gasteiger charge is 2.15. The average Bonchev–Trinajstić information content (AvgIpc) is 2.80. The fraction of sp³-hybridized carbons (Fsp3) is 0.385. The van der Waals surface area contributed by atoms with Gasteiger partial charge in [0.1, 0.15) is 5.75 Å². The molecule has 0 aliphatic heterocycles. The van der Waals surface area contributed by atoms with Gasteiger partial charge in [0, 0.05) is 11.6 Å². The molecule has 0 saturated heterocycles. The largest absolute Gasteiger partial charge is 0.497 e. The van der Waals surface area contributed by atoms with Gasteiger partial charge in [0.05, 0.1) is 7.11 Å². The molecular weight excluding hydrogens is 230 g/mol. The molecule has 1 N–H and O–H groups in total. The lowest BCUT2D eigenvalue weighted by Gasteiger charge is -2.12. The zero-order valence-electron chi connectivity index (χ0n) is 10.8. The number of hydrogen-bond donors (Lipinski definition) is 1. The summed E-state index contributed by atoms with van der Waals surface area (Å²) in [6.07, 6.45) is 0.871. The maximum atomic E-state index is 11.8. The fourth-order valence-electron chi connectivity index (χ4n) is 1.86. The third-order valence-electron chi connectivity index (χ3n) is 3.06. The first-order valence-corrected chi connectivity index (χ1v) is 5.98. The van der Waals surface area contributed by atoms with E-state index >= 15 is 0 Å². The molecule has 2 aromatic rings. The molecule has 0 aliphatic rings. The smallest absolute Gasteiger partial charge is 0.343 e. The monoisotopic (exact) mass is 247 g/mol. The highest BCUT2D eigenvalue weighted by Crippen LogP contribution is 2.23. The molecule has 2 rings (SSSR count). The molecule has 1 heterocycles. The van der Waals surface area contributed by atoms with Crippen molar-refractivity contribution in [3.8, 4) is 17.1 Å². The first-order valence-electron chi connectivity index (χ1n) is 5.98. The minimum atomic E-state index is -0.179. The van der Waals surface area contributed by atoms with Crippen molar-refractivity contribution in [2.75, 3.05) is 7.11 Å². The first kappa shape index (κ1) is 12.4. The zero-order valence-corrected chi connectivity index (χ0v) is 10.8. The molecule has 1 atom stereocenters. The molecule has 0 saturated carbocycles. The Labute approximate surface area is 105 Å². The number of ether oxygens (including phenoxy) is 1. The Kier molecular flexibility index (Phi) is 3.50. The fourth-order valence-corrected chi connectivity index (χ4v) is 1.86. The van der Waals surface area contributed by atoms with Crippen LogP contribution in [-0.4, -0.2) is 21.9 Å². The Hall–Kier alpha value is -2.04. The second-order valence-corrected chi connectivity index (χ2v) is 4.21. The second-order valence-electron chi connectivity index (χ2n) is 4.21. The molecule has 0 fully saturated rings. The topological polar surface area (TPSA) is 59.9 Å². The van der Waals surface area contributed by atoms with Crippen LogP contribution >= 0.6 is 0 Å². The first-order chi connectivity index (χ1) is 8.67. The molecular formula is C13H17N3O2. The summed E-state index contributed by atoms with van der Waals surface area (Å²) in [5.41, 5.74) is 0.690. The van der Waals surface area contributed by atoms with Crippen molar-refractivity contribution in [1.82, 2.24) is 14.8 Å². The molecule has 1 aromatic carbocycles. The number of nitrogens with one attached hydrogen (secondary N) is 1. The Morgan fingerprint density at radius 3 is 2.94 bits per heavy atom. The van der Waals surface area contributed by atoms with Gasteiger partial charge in [-0.05, 0) is 25.5 Å². The standard InChI is InChI=1S/C13H17N3O2/c1-4-9(2)16-12(14-15-13(16)17)10-6-5-7-11(8-10)18-3/h5-9H,4H2,1-3H3,(H,15,17)/t9-/m0/s1. The van der Waals surface area contributed by atoms with Gasteiger partial charge in [0.15, 0.2) is 5.82 Å². The number of H-pyrrole nitrogens is 1. The predicted molar refractivity (Wildman–Crippen MR) is 69.8 cm³/mol. The minimum Gasteiger partial charge on any atom is -0.497 e. The minimum absolute atomic E-state index is 0.109. The SMILES string of the molecule is CC[C@H](C)n1c(-c2cccc(OC)c2)n[nH]c1=O. The molecule has 5 nitrogen and oxygen atoms in total. The lowest BCUT2D eigenvalue weighted by atomic mass is 10.2. The van der Waals surface area contributed by atoms with Gasteiger partial charge < -0.3 is 4.74 Å². The number of rotatable bonds is 4. The molecule has 5 heteroatoms. The highest BCUT2D eigenvalue weighted by atomic mass is 16.5. The van der Waals surface area contributed by atoms with Gasteiger partial charge in [-0.2, -0.15) is 5.10 Å². The van der Waals surface area contributed by atoms with Crippen LogP contribution in [0, 0.1) is 0 Å². The Morgan fingerprint density at radius 1 is 1.50 bits per heavy atom. The summed E-state index contributed by atoms with van der Waals surface area (Å²) < 4.78 is 6.86. The third kappa shape index (κ3) is 2.16. The summed E-state index contributed by atoms with van der Waals surface area (Å²) in [5, 5.41) is 6.61. The van der Waals surface area contributed by atoms with Crippen molar-refractivity contribution in [3.63, 3.8) is 0 Å². The lowest BCUT2D eigenvalue weighted by Crippen LogP contribution is -2.20. The van der Waals surface area contributed by atoms with Gasteiger partial charge in [-0.3, -0.25) is 4.57 Å². The molecule has 1 aromatic heterocycles. The third-order valence-corrected chi connectivity index (χ3v) is 3.06. The van der Waals surface area contributed by atoms with Crippen molar-refractivity contribution in [1.29, 1.82) is 0 Å². The summed E-state index contributed by atoms with van der Waals surface area (Å²) >= 11 is 0. The van der Waals surface area contributed by atoms with E-state index in [2.05, 4.69) is 10.2 Å². The molecule has 0 unspecified atom stereocenters. The quantitative estimate of drug-likeness (QED) is 0.901. The van der Waals surface area contributed by atoms with Gasteiger partial charge in [-0.1, -0.05) is 19.1 Å². The van der Waals surface area contributed by atoms with Crippen LogP contribution in [0.3, 0.4) is 0 Å². The summed E-state index contributed by atoms with van der Waals surface area (Å²) in [7, 11) is 1.62. The zero-order chi connectivity index (χ0) is 13.1. The number of aromatic nitrogens is 3. The van der Waals surface area contributed by atoms with Crippen LogP contribution in [-0.2, 0) is 0 Å². The van der Waals surface area contributed by atoms with Crippen molar-refractivity contribution in [2.24, 2.45) is 0 Å².